The zero-order valence-electron chi connectivity index (χ0n) is 18.7. The fourth-order valence-corrected chi connectivity index (χ4v) is 4.15. The van der Waals surface area contributed by atoms with Crippen molar-refractivity contribution < 1.29 is 19.1 Å². The number of pyridine rings is 1. The van der Waals surface area contributed by atoms with E-state index in [0.717, 1.165) is 17.0 Å². The van der Waals surface area contributed by atoms with E-state index in [9.17, 15) is 9.59 Å². The van der Waals surface area contributed by atoms with Gasteiger partial charge in [0.2, 0.25) is 5.91 Å². The first-order chi connectivity index (χ1) is 16.1. The molecule has 3 aromatic rings. The fraction of sp³-hybridized carbons (Fsp3) is 0.269. The standard InChI is InChI=1S/C26H27N3O4/c1-32-21-10-6-18(7-11-21)23-16-29(26(31)19-8-12-22(33-2)13-9-19)17-24(23)25(30)28-15-20-5-3-4-14-27-20/h3-14,23-24H,15-17H2,1-2H3,(H,28,30). The largest absolute Gasteiger partial charge is 0.497 e. The van der Waals surface area contributed by atoms with Crippen molar-refractivity contribution in [2.24, 2.45) is 5.92 Å². The summed E-state index contributed by atoms with van der Waals surface area (Å²) in [5.41, 5.74) is 2.36. The van der Waals surface area contributed by atoms with Crippen LogP contribution >= 0.6 is 0 Å². The molecule has 7 heteroatoms. The number of ether oxygens (including phenoxy) is 2. The number of rotatable bonds is 7. The van der Waals surface area contributed by atoms with Gasteiger partial charge in [0.05, 0.1) is 32.4 Å². The highest BCUT2D eigenvalue weighted by molar-refractivity contribution is 5.95. The first-order valence-electron chi connectivity index (χ1n) is 10.8. The third-order valence-electron chi connectivity index (χ3n) is 5.99. The summed E-state index contributed by atoms with van der Waals surface area (Å²) in [6.45, 7) is 1.15. The zero-order chi connectivity index (χ0) is 23.2. The molecule has 1 aliphatic heterocycles. The molecule has 1 aromatic heterocycles. The van der Waals surface area contributed by atoms with E-state index >= 15 is 0 Å². The molecule has 7 nitrogen and oxygen atoms in total. The number of hydrogen-bond acceptors (Lipinski definition) is 5. The second kappa shape index (κ2) is 10.2. The van der Waals surface area contributed by atoms with E-state index in [2.05, 4.69) is 10.3 Å². The third-order valence-corrected chi connectivity index (χ3v) is 5.99. The van der Waals surface area contributed by atoms with Gasteiger partial charge >= 0.3 is 0 Å². The molecule has 170 valence electrons. The minimum Gasteiger partial charge on any atom is -0.497 e. The highest BCUT2D eigenvalue weighted by Gasteiger charge is 2.40. The van der Waals surface area contributed by atoms with Crippen LogP contribution in [0.3, 0.4) is 0 Å². The molecule has 0 spiro atoms. The molecule has 2 unspecified atom stereocenters. The number of hydrogen-bond donors (Lipinski definition) is 1. The molecule has 0 aliphatic carbocycles. The summed E-state index contributed by atoms with van der Waals surface area (Å²) < 4.78 is 10.5. The van der Waals surface area contributed by atoms with Crippen molar-refractivity contribution >= 4 is 11.8 Å². The fourth-order valence-electron chi connectivity index (χ4n) is 4.15. The molecule has 33 heavy (non-hydrogen) atoms. The SMILES string of the molecule is COc1ccc(C(=O)N2CC(C(=O)NCc3ccccn3)C(c3ccc(OC)cc3)C2)cc1. The van der Waals surface area contributed by atoms with Gasteiger partial charge in [0.25, 0.3) is 5.91 Å². The number of carbonyl (C=O) groups excluding carboxylic acids is 2. The lowest BCUT2D eigenvalue weighted by Gasteiger charge is -2.18. The summed E-state index contributed by atoms with van der Waals surface area (Å²) in [6, 6.07) is 20.3. The quantitative estimate of drug-likeness (QED) is 0.604. The van der Waals surface area contributed by atoms with Crippen LogP contribution in [0.25, 0.3) is 0 Å². The van der Waals surface area contributed by atoms with Gasteiger partial charge in [0.1, 0.15) is 11.5 Å². The van der Waals surface area contributed by atoms with Gasteiger partial charge in [-0.3, -0.25) is 14.6 Å². The van der Waals surface area contributed by atoms with Crippen molar-refractivity contribution in [2.75, 3.05) is 27.3 Å². The van der Waals surface area contributed by atoms with Gasteiger partial charge in [-0.2, -0.15) is 0 Å². The first kappa shape index (κ1) is 22.3. The summed E-state index contributed by atoms with van der Waals surface area (Å²) in [6.07, 6.45) is 1.70. The van der Waals surface area contributed by atoms with Gasteiger partial charge in [-0.05, 0) is 54.1 Å². The van der Waals surface area contributed by atoms with Crippen LogP contribution in [-0.2, 0) is 11.3 Å². The van der Waals surface area contributed by atoms with Crippen LogP contribution in [0.1, 0.15) is 27.5 Å². The predicted molar refractivity (Wildman–Crippen MR) is 124 cm³/mol. The average molecular weight is 446 g/mol. The number of nitrogens with zero attached hydrogens (tertiary/aromatic N) is 2. The van der Waals surface area contributed by atoms with E-state index in [1.807, 2.05) is 42.5 Å². The smallest absolute Gasteiger partial charge is 0.253 e. The number of carbonyl (C=O) groups is 2. The maximum absolute atomic E-state index is 13.2. The number of nitrogens with one attached hydrogen (secondary N) is 1. The van der Waals surface area contributed by atoms with Crippen molar-refractivity contribution in [3.05, 3.63) is 89.7 Å². The molecule has 0 saturated carbocycles. The Morgan fingerprint density at radius 1 is 0.939 bits per heavy atom. The van der Waals surface area contributed by atoms with Gasteiger partial charge in [0.15, 0.2) is 0 Å². The van der Waals surface area contributed by atoms with Gasteiger partial charge in [-0.15, -0.1) is 0 Å². The summed E-state index contributed by atoms with van der Waals surface area (Å²) in [7, 11) is 3.21. The molecule has 1 aliphatic rings. The van der Waals surface area contributed by atoms with E-state index < -0.39 is 0 Å². The Morgan fingerprint density at radius 3 is 2.21 bits per heavy atom. The lowest BCUT2D eigenvalue weighted by Crippen LogP contribution is -2.35. The first-order valence-corrected chi connectivity index (χ1v) is 10.8. The van der Waals surface area contributed by atoms with Gasteiger partial charge in [-0.1, -0.05) is 18.2 Å². The maximum Gasteiger partial charge on any atom is 0.253 e. The summed E-state index contributed by atoms with van der Waals surface area (Å²) in [4.78, 5) is 32.4. The highest BCUT2D eigenvalue weighted by Crippen LogP contribution is 2.34. The monoisotopic (exact) mass is 445 g/mol. The molecule has 2 atom stereocenters. The van der Waals surface area contributed by atoms with E-state index in [1.165, 1.54) is 0 Å². The Bertz CT molecular complexity index is 1080. The Hall–Kier alpha value is -3.87. The number of methoxy groups -OCH3 is 2. The molecule has 0 bridgehead atoms. The average Bonchev–Trinajstić information content (AvgIpc) is 3.33. The molecular formula is C26H27N3O4. The molecule has 4 rings (SSSR count). The zero-order valence-corrected chi connectivity index (χ0v) is 18.7. The minimum absolute atomic E-state index is 0.0912. The van der Waals surface area contributed by atoms with Crippen LogP contribution in [0.2, 0.25) is 0 Å². The number of benzene rings is 2. The Labute approximate surface area is 193 Å². The minimum atomic E-state index is -0.371. The normalized spacial score (nSPS) is 17.5. The van der Waals surface area contributed by atoms with Crippen molar-refractivity contribution in [2.45, 2.75) is 12.5 Å². The van der Waals surface area contributed by atoms with Gasteiger partial charge in [-0.25, -0.2) is 0 Å². The number of aromatic nitrogens is 1. The van der Waals surface area contributed by atoms with Crippen molar-refractivity contribution in [1.82, 2.24) is 15.2 Å². The maximum atomic E-state index is 13.2. The van der Waals surface area contributed by atoms with Gasteiger partial charge in [0, 0.05) is 30.8 Å². The van der Waals surface area contributed by atoms with E-state index in [0.29, 0.717) is 30.9 Å². The molecule has 1 saturated heterocycles. The van der Waals surface area contributed by atoms with Crippen molar-refractivity contribution in [3.8, 4) is 11.5 Å². The van der Waals surface area contributed by atoms with Gasteiger partial charge < -0.3 is 19.7 Å². The number of amides is 2. The summed E-state index contributed by atoms with van der Waals surface area (Å²) in [5, 5.41) is 3.00. The molecule has 0 radical (unpaired) electrons. The van der Waals surface area contributed by atoms with Crippen LogP contribution in [0.4, 0.5) is 0 Å². The molecular weight excluding hydrogens is 418 g/mol. The summed E-state index contributed by atoms with van der Waals surface area (Å²) >= 11 is 0. The molecule has 2 amide bonds. The number of likely N-dealkylation sites (tertiary alicyclic amines) is 1. The van der Waals surface area contributed by atoms with Crippen LogP contribution < -0.4 is 14.8 Å². The second-order valence-electron chi connectivity index (χ2n) is 7.96. The third kappa shape index (κ3) is 5.14. The molecule has 1 fully saturated rings. The summed E-state index contributed by atoms with van der Waals surface area (Å²) in [5.74, 6) is 0.753. The lowest BCUT2D eigenvalue weighted by molar-refractivity contribution is -0.125. The highest BCUT2D eigenvalue weighted by atomic mass is 16.5. The second-order valence-corrected chi connectivity index (χ2v) is 7.96. The molecule has 2 heterocycles. The predicted octanol–water partition coefficient (Wildman–Crippen LogP) is 3.27. The van der Waals surface area contributed by atoms with Crippen molar-refractivity contribution in [3.63, 3.8) is 0 Å². The van der Waals surface area contributed by atoms with Crippen LogP contribution in [0.5, 0.6) is 11.5 Å². The van der Waals surface area contributed by atoms with Crippen LogP contribution in [0.15, 0.2) is 72.9 Å². The van der Waals surface area contributed by atoms with Crippen LogP contribution in [-0.4, -0.2) is 49.0 Å². The Balaban J connectivity index is 1.54. The lowest BCUT2D eigenvalue weighted by atomic mass is 9.88. The van der Waals surface area contributed by atoms with E-state index in [-0.39, 0.29) is 23.7 Å². The Kier molecular flexibility index (Phi) is 6.88. The van der Waals surface area contributed by atoms with Crippen molar-refractivity contribution in [1.29, 1.82) is 0 Å². The molecule has 2 aromatic carbocycles. The topological polar surface area (TPSA) is 80.8 Å². The molecule has 1 N–H and O–H groups in total. The van der Waals surface area contributed by atoms with Crippen LogP contribution in [0, 0.1) is 5.92 Å². The van der Waals surface area contributed by atoms with E-state index in [1.54, 1.807) is 49.6 Å². The Morgan fingerprint density at radius 2 is 1.61 bits per heavy atom. The van der Waals surface area contributed by atoms with E-state index in [4.69, 9.17) is 9.47 Å².